The largest absolute Gasteiger partial charge is 0.416 e. The Labute approximate surface area is 144 Å². The molecule has 0 fully saturated rings. The number of likely N-dealkylation sites (N-methyl/N-ethyl adjacent to an activating group) is 1. The molecule has 0 bridgehead atoms. The standard InChI is InChI=1S/C19H20F3NO2/c1-13(18(25)15-8-4-3-5-9-15)23(2)17(24)12-14-7-6-10-16(11-14)19(20,21)22/h3-11,13,18,25H,12H2,1-2H3/t13?,18-/m0/s1. The lowest BCUT2D eigenvalue weighted by Gasteiger charge is -2.29. The van der Waals surface area contributed by atoms with Crippen LogP contribution in [0.3, 0.4) is 0 Å². The van der Waals surface area contributed by atoms with Crippen molar-refractivity contribution in [2.45, 2.75) is 31.7 Å². The first-order chi connectivity index (χ1) is 11.7. The van der Waals surface area contributed by atoms with E-state index in [1.165, 1.54) is 24.1 Å². The van der Waals surface area contributed by atoms with Gasteiger partial charge < -0.3 is 10.0 Å². The molecule has 134 valence electrons. The average Bonchev–Trinajstić information content (AvgIpc) is 2.60. The summed E-state index contributed by atoms with van der Waals surface area (Å²) < 4.78 is 38.3. The molecule has 0 aromatic heterocycles. The molecule has 2 aromatic carbocycles. The predicted octanol–water partition coefficient (Wildman–Crippen LogP) is 3.83. The Kier molecular flexibility index (Phi) is 5.85. The summed E-state index contributed by atoms with van der Waals surface area (Å²) in [6, 6.07) is 13.1. The summed E-state index contributed by atoms with van der Waals surface area (Å²) >= 11 is 0. The molecule has 2 aromatic rings. The molecule has 1 unspecified atom stereocenters. The molecule has 25 heavy (non-hydrogen) atoms. The van der Waals surface area contributed by atoms with Gasteiger partial charge in [-0.2, -0.15) is 13.2 Å². The molecule has 6 heteroatoms. The van der Waals surface area contributed by atoms with E-state index in [0.717, 1.165) is 12.1 Å². The number of aliphatic hydroxyl groups is 1. The van der Waals surface area contributed by atoms with Gasteiger partial charge in [0.05, 0.1) is 24.1 Å². The zero-order valence-electron chi connectivity index (χ0n) is 14.0. The molecule has 0 saturated carbocycles. The highest BCUT2D eigenvalue weighted by atomic mass is 19.4. The molecule has 0 aliphatic rings. The van der Waals surface area contributed by atoms with Gasteiger partial charge in [-0.1, -0.05) is 48.5 Å². The van der Waals surface area contributed by atoms with Crippen molar-refractivity contribution in [3.05, 3.63) is 71.3 Å². The van der Waals surface area contributed by atoms with Crippen molar-refractivity contribution in [3.8, 4) is 0 Å². The number of rotatable bonds is 5. The van der Waals surface area contributed by atoms with Gasteiger partial charge in [-0.25, -0.2) is 0 Å². The number of carbonyl (C=O) groups is 1. The number of alkyl halides is 3. The summed E-state index contributed by atoms with van der Waals surface area (Å²) in [5.74, 6) is -0.359. The van der Waals surface area contributed by atoms with E-state index in [4.69, 9.17) is 0 Å². The maximum atomic E-state index is 12.8. The highest BCUT2D eigenvalue weighted by Crippen LogP contribution is 2.29. The van der Waals surface area contributed by atoms with Crippen molar-refractivity contribution < 1.29 is 23.1 Å². The second-order valence-electron chi connectivity index (χ2n) is 5.98. The van der Waals surface area contributed by atoms with Gasteiger partial charge in [0.15, 0.2) is 0 Å². The Morgan fingerprint density at radius 1 is 1.12 bits per heavy atom. The number of amides is 1. The SMILES string of the molecule is CC([C@H](O)c1ccccc1)N(C)C(=O)Cc1cccc(C(F)(F)F)c1. The monoisotopic (exact) mass is 351 g/mol. The molecule has 1 amide bonds. The Hall–Kier alpha value is -2.34. The van der Waals surface area contributed by atoms with Crippen molar-refractivity contribution in [2.24, 2.45) is 0 Å². The molecule has 0 heterocycles. The number of nitrogens with zero attached hydrogens (tertiary/aromatic N) is 1. The van der Waals surface area contributed by atoms with Gasteiger partial charge in [0, 0.05) is 7.05 Å². The van der Waals surface area contributed by atoms with Gasteiger partial charge >= 0.3 is 6.18 Å². The quantitative estimate of drug-likeness (QED) is 0.889. The zero-order valence-corrected chi connectivity index (χ0v) is 14.0. The van der Waals surface area contributed by atoms with Crippen LogP contribution >= 0.6 is 0 Å². The third kappa shape index (κ3) is 4.82. The number of hydrogen-bond donors (Lipinski definition) is 1. The highest BCUT2D eigenvalue weighted by molar-refractivity contribution is 5.79. The van der Waals surface area contributed by atoms with Gasteiger partial charge in [-0.3, -0.25) is 4.79 Å². The van der Waals surface area contributed by atoms with Crippen LogP contribution in [0.5, 0.6) is 0 Å². The Morgan fingerprint density at radius 3 is 2.36 bits per heavy atom. The number of benzene rings is 2. The third-order valence-electron chi connectivity index (χ3n) is 4.21. The van der Waals surface area contributed by atoms with Crippen LogP contribution in [0.1, 0.15) is 29.7 Å². The summed E-state index contributed by atoms with van der Waals surface area (Å²) in [5, 5.41) is 10.4. The van der Waals surface area contributed by atoms with Crippen LogP contribution in [0.4, 0.5) is 13.2 Å². The fourth-order valence-corrected chi connectivity index (χ4v) is 2.52. The second-order valence-corrected chi connectivity index (χ2v) is 5.98. The van der Waals surface area contributed by atoms with Crippen LogP contribution in [0.2, 0.25) is 0 Å². The first kappa shape index (κ1) is 19.0. The van der Waals surface area contributed by atoms with Crippen LogP contribution in [0.15, 0.2) is 54.6 Å². The molecular weight excluding hydrogens is 331 g/mol. The van der Waals surface area contributed by atoms with E-state index < -0.39 is 23.9 Å². The van der Waals surface area contributed by atoms with Crippen LogP contribution in [-0.4, -0.2) is 29.0 Å². The zero-order chi connectivity index (χ0) is 18.6. The maximum absolute atomic E-state index is 12.8. The number of halogens is 3. The lowest BCUT2D eigenvalue weighted by molar-refractivity contribution is -0.138. The first-order valence-electron chi connectivity index (χ1n) is 7.85. The molecule has 1 N–H and O–H groups in total. The Bertz CT molecular complexity index is 716. The van der Waals surface area contributed by atoms with E-state index >= 15 is 0 Å². The average molecular weight is 351 g/mol. The molecule has 0 aliphatic carbocycles. The van der Waals surface area contributed by atoms with Crippen LogP contribution in [0.25, 0.3) is 0 Å². The lowest BCUT2D eigenvalue weighted by Crippen LogP contribution is -2.39. The molecule has 2 rings (SSSR count). The van der Waals surface area contributed by atoms with Crippen LogP contribution < -0.4 is 0 Å². The summed E-state index contributed by atoms with van der Waals surface area (Å²) in [5.41, 5.74) is 0.180. The maximum Gasteiger partial charge on any atom is 0.416 e. The molecular formula is C19H20F3NO2. The van der Waals surface area contributed by atoms with Crippen molar-refractivity contribution in [2.75, 3.05) is 7.05 Å². The van der Waals surface area contributed by atoms with E-state index in [1.54, 1.807) is 31.2 Å². The van der Waals surface area contributed by atoms with E-state index in [-0.39, 0.29) is 17.9 Å². The van der Waals surface area contributed by atoms with Crippen molar-refractivity contribution >= 4 is 5.91 Å². The van der Waals surface area contributed by atoms with E-state index in [2.05, 4.69) is 0 Å². The van der Waals surface area contributed by atoms with Crippen LogP contribution in [-0.2, 0) is 17.4 Å². The summed E-state index contributed by atoms with van der Waals surface area (Å²) in [6.45, 7) is 1.70. The number of carbonyl (C=O) groups excluding carboxylic acids is 1. The first-order valence-corrected chi connectivity index (χ1v) is 7.85. The third-order valence-corrected chi connectivity index (χ3v) is 4.21. The molecule has 0 radical (unpaired) electrons. The lowest BCUT2D eigenvalue weighted by atomic mass is 10.0. The number of aliphatic hydroxyl groups excluding tert-OH is 1. The van der Waals surface area contributed by atoms with E-state index in [1.807, 2.05) is 6.07 Å². The van der Waals surface area contributed by atoms with E-state index in [9.17, 15) is 23.1 Å². The van der Waals surface area contributed by atoms with Gasteiger partial charge in [0.25, 0.3) is 0 Å². The van der Waals surface area contributed by atoms with Gasteiger partial charge in [-0.15, -0.1) is 0 Å². The molecule has 0 aliphatic heterocycles. The predicted molar refractivity (Wildman–Crippen MR) is 88.8 cm³/mol. The number of hydrogen-bond acceptors (Lipinski definition) is 2. The second kappa shape index (κ2) is 7.70. The Morgan fingerprint density at radius 2 is 1.76 bits per heavy atom. The van der Waals surface area contributed by atoms with Gasteiger partial charge in [0.1, 0.15) is 0 Å². The van der Waals surface area contributed by atoms with Crippen molar-refractivity contribution in [3.63, 3.8) is 0 Å². The molecule has 2 atom stereocenters. The fraction of sp³-hybridized carbons (Fsp3) is 0.316. The van der Waals surface area contributed by atoms with Gasteiger partial charge in [-0.05, 0) is 24.1 Å². The summed E-state index contributed by atoms with van der Waals surface area (Å²) in [6.07, 6.45) is -5.48. The summed E-state index contributed by atoms with van der Waals surface area (Å²) in [4.78, 5) is 13.7. The highest BCUT2D eigenvalue weighted by Gasteiger charge is 2.31. The molecule has 3 nitrogen and oxygen atoms in total. The topological polar surface area (TPSA) is 40.5 Å². The van der Waals surface area contributed by atoms with Crippen LogP contribution in [0, 0.1) is 0 Å². The smallest absolute Gasteiger partial charge is 0.386 e. The summed E-state index contributed by atoms with van der Waals surface area (Å²) in [7, 11) is 1.53. The Balaban J connectivity index is 2.07. The molecule has 0 saturated heterocycles. The van der Waals surface area contributed by atoms with Crippen molar-refractivity contribution in [1.82, 2.24) is 4.90 Å². The van der Waals surface area contributed by atoms with E-state index in [0.29, 0.717) is 5.56 Å². The van der Waals surface area contributed by atoms with Gasteiger partial charge in [0.2, 0.25) is 5.91 Å². The normalized spacial score (nSPS) is 14.0. The minimum Gasteiger partial charge on any atom is -0.386 e. The van der Waals surface area contributed by atoms with Crippen molar-refractivity contribution in [1.29, 1.82) is 0 Å². The minimum atomic E-state index is -4.44. The minimum absolute atomic E-state index is 0.160. The fourth-order valence-electron chi connectivity index (χ4n) is 2.52. The molecule has 0 spiro atoms.